The lowest BCUT2D eigenvalue weighted by atomic mass is 9.77. The van der Waals surface area contributed by atoms with E-state index in [2.05, 4.69) is 31.7 Å². The van der Waals surface area contributed by atoms with Crippen LogP contribution >= 0.6 is 11.6 Å². The molecule has 8 heteroatoms. The monoisotopic (exact) mass is 339 g/mol. The van der Waals surface area contributed by atoms with Crippen LogP contribution in [0.15, 0.2) is 0 Å². The fourth-order valence-electron chi connectivity index (χ4n) is 3.48. The van der Waals surface area contributed by atoms with Crippen LogP contribution in [-0.2, 0) is 9.47 Å². The number of aromatic nitrogens is 3. The Balaban J connectivity index is 1.52. The summed E-state index contributed by atoms with van der Waals surface area (Å²) in [6.45, 7) is 7.95. The molecule has 4 heterocycles. The number of morpholine rings is 1. The Labute approximate surface area is 141 Å². The van der Waals surface area contributed by atoms with Crippen molar-refractivity contribution in [3.8, 4) is 0 Å². The van der Waals surface area contributed by atoms with E-state index in [0.29, 0.717) is 30.5 Å². The maximum absolute atomic E-state index is 6.16. The minimum absolute atomic E-state index is 0.242. The van der Waals surface area contributed by atoms with Crippen LogP contribution in [-0.4, -0.2) is 67.1 Å². The standard InChI is InChI=1S/C15H22ClN5O2/c1-11-8-22-7-6-21(11)14-18-12(16)17-13(19-14)20-4-2-15(3-5-20)9-23-10-15/h11H,2-10H2,1H3/t11-/m1/s1. The molecule has 3 fully saturated rings. The highest BCUT2D eigenvalue weighted by molar-refractivity contribution is 6.28. The molecule has 3 saturated heterocycles. The van der Waals surface area contributed by atoms with Gasteiger partial charge in [-0.3, -0.25) is 0 Å². The second-order valence-electron chi connectivity index (χ2n) is 6.80. The van der Waals surface area contributed by atoms with Gasteiger partial charge in [-0.05, 0) is 31.4 Å². The molecule has 0 radical (unpaired) electrons. The molecule has 7 nitrogen and oxygen atoms in total. The van der Waals surface area contributed by atoms with Crippen molar-refractivity contribution in [2.75, 3.05) is 55.9 Å². The maximum Gasteiger partial charge on any atom is 0.231 e. The van der Waals surface area contributed by atoms with Gasteiger partial charge in [-0.15, -0.1) is 0 Å². The Morgan fingerprint density at radius 1 is 1.04 bits per heavy atom. The number of hydrogen-bond donors (Lipinski definition) is 0. The van der Waals surface area contributed by atoms with Gasteiger partial charge in [0.1, 0.15) is 0 Å². The van der Waals surface area contributed by atoms with E-state index in [-0.39, 0.29) is 11.3 Å². The number of halogens is 1. The van der Waals surface area contributed by atoms with Gasteiger partial charge in [0.15, 0.2) is 0 Å². The summed E-state index contributed by atoms with van der Waals surface area (Å²) >= 11 is 6.16. The predicted molar refractivity (Wildman–Crippen MR) is 87.2 cm³/mol. The summed E-state index contributed by atoms with van der Waals surface area (Å²) in [4.78, 5) is 17.7. The highest BCUT2D eigenvalue weighted by atomic mass is 35.5. The van der Waals surface area contributed by atoms with Crippen molar-refractivity contribution in [2.24, 2.45) is 5.41 Å². The van der Waals surface area contributed by atoms with Crippen molar-refractivity contribution in [2.45, 2.75) is 25.8 Å². The fourth-order valence-corrected chi connectivity index (χ4v) is 3.64. The first-order chi connectivity index (χ1) is 11.2. The average Bonchev–Trinajstić information content (AvgIpc) is 2.53. The van der Waals surface area contributed by atoms with Crippen molar-refractivity contribution in [1.82, 2.24) is 15.0 Å². The van der Waals surface area contributed by atoms with Gasteiger partial charge in [0.05, 0.1) is 32.5 Å². The van der Waals surface area contributed by atoms with Gasteiger partial charge in [0, 0.05) is 25.0 Å². The van der Waals surface area contributed by atoms with Gasteiger partial charge < -0.3 is 19.3 Å². The molecule has 1 atom stereocenters. The third kappa shape index (κ3) is 2.97. The van der Waals surface area contributed by atoms with Gasteiger partial charge in [0.25, 0.3) is 0 Å². The summed E-state index contributed by atoms with van der Waals surface area (Å²) in [6, 6.07) is 0.242. The summed E-state index contributed by atoms with van der Waals surface area (Å²) in [5, 5.41) is 0.260. The zero-order chi connectivity index (χ0) is 15.9. The number of rotatable bonds is 2. The minimum Gasteiger partial charge on any atom is -0.380 e. The fraction of sp³-hybridized carbons (Fsp3) is 0.800. The second-order valence-corrected chi connectivity index (χ2v) is 7.14. The van der Waals surface area contributed by atoms with Crippen molar-refractivity contribution in [1.29, 1.82) is 0 Å². The summed E-state index contributed by atoms with van der Waals surface area (Å²) < 4.78 is 10.9. The smallest absolute Gasteiger partial charge is 0.231 e. The number of nitrogens with zero attached hydrogens (tertiary/aromatic N) is 5. The number of piperidine rings is 1. The lowest BCUT2D eigenvalue weighted by molar-refractivity contribution is -0.124. The largest absolute Gasteiger partial charge is 0.380 e. The van der Waals surface area contributed by atoms with Crippen molar-refractivity contribution in [3.05, 3.63) is 5.28 Å². The predicted octanol–water partition coefficient (Wildman–Crippen LogP) is 1.37. The zero-order valence-corrected chi connectivity index (χ0v) is 14.1. The van der Waals surface area contributed by atoms with Crippen LogP contribution in [0.3, 0.4) is 0 Å². The van der Waals surface area contributed by atoms with Crippen LogP contribution < -0.4 is 9.80 Å². The van der Waals surface area contributed by atoms with Gasteiger partial charge in [-0.25, -0.2) is 0 Å². The SMILES string of the molecule is C[C@@H]1COCCN1c1nc(Cl)nc(N2CCC3(CC2)COC3)n1. The lowest BCUT2D eigenvalue weighted by Crippen LogP contribution is -2.51. The van der Waals surface area contributed by atoms with E-state index in [0.717, 1.165) is 45.7 Å². The summed E-state index contributed by atoms with van der Waals surface area (Å²) in [5.41, 5.74) is 0.398. The zero-order valence-electron chi connectivity index (χ0n) is 13.4. The molecule has 0 saturated carbocycles. The Morgan fingerprint density at radius 3 is 2.43 bits per heavy atom. The molecule has 0 bridgehead atoms. The normalized spacial score (nSPS) is 27.1. The molecular weight excluding hydrogens is 318 g/mol. The first kappa shape index (κ1) is 15.4. The molecule has 0 unspecified atom stereocenters. The number of hydrogen-bond acceptors (Lipinski definition) is 7. The van der Waals surface area contributed by atoms with E-state index in [4.69, 9.17) is 21.1 Å². The van der Waals surface area contributed by atoms with Crippen molar-refractivity contribution < 1.29 is 9.47 Å². The quantitative estimate of drug-likeness (QED) is 0.806. The first-order valence-electron chi connectivity index (χ1n) is 8.24. The van der Waals surface area contributed by atoms with Crippen LogP contribution in [0.25, 0.3) is 0 Å². The van der Waals surface area contributed by atoms with Crippen LogP contribution in [0.1, 0.15) is 19.8 Å². The van der Waals surface area contributed by atoms with E-state index < -0.39 is 0 Å². The Morgan fingerprint density at radius 2 is 1.78 bits per heavy atom. The van der Waals surface area contributed by atoms with Crippen LogP contribution in [0.2, 0.25) is 5.28 Å². The summed E-state index contributed by atoms with van der Waals surface area (Å²) in [5.74, 6) is 1.34. The van der Waals surface area contributed by atoms with E-state index in [9.17, 15) is 0 Å². The van der Waals surface area contributed by atoms with Crippen molar-refractivity contribution >= 4 is 23.5 Å². The molecule has 1 aromatic rings. The maximum atomic E-state index is 6.16. The van der Waals surface area contributed by atoms with E-state index >= 15 is 0 Å². The molecule has 0 N–H and O–H groups in total. The molecule has 0 amide bonds. The highest BCUT2D eigenvalue weighted by Crippen LogP contribution is 2.39. The Hall–Kier alpha value is -1.18. The van der Waals surface area contributed by atoms with Gasteiger partial charge >= 0.3 is 0 Å². The van der Waals surface area contributed by atoms with E-state index in [1.807, 2.05) is 0 Å². The molecule has 23 heavy (non-hydrogen) atoms. The molecule has 1 spiro atoms. The van der Waals surface area contributed by atoms with E-state index in [1.54, 1.807) is 0 Å². The molecule has 3 aliphatic heterocycles. The molecule has 126 valence electrons. The van der Waals surface area contributed by atoms with Gasteiger partial charge in [0.2, 0.25) is 17.2 Å². The highest BCUT2D eigenvalue weighted by Gasteiger charge is 2.41. The van der Waals surface area contributed by atoms with Gasteiger partial charge in [-0.1, -0.05) is 0 Å². The topological polar surface area (TPSA) is 63.6 Å². The van der Waals surface area contributed by atoms with Crippen LogP contribution in [0, 0.1) is 5.41 Å². The molecule has 4 rings (SSSR count). The van der Waals surface area contributed by atoms with Crippen LogP contribution in [0.4, 0.5) is 11.9 Å². The van der Waals surface area contributed by atoms with Gasteiger partial charge in [-0.2, -0.15) is 15.0 Å². The van der Waals surface area contributed by atoms with Crippen molar-refractivity contribution in [3.63, 3.8) is 0 Å². The third-order valence-electron chi connectivity index (χ3n) is 5.13. The minimum atomic E-state index is 0.242. The Bertz CT molecular complexity index is 573. The summed E-state index contributed by atoms with van der Waals surface area (Å²) in [6.07, 6.45) is 2.25. The van der Waals surface area contributed by atoms with E-state index in [1.165, 1.54) is 0 Å². The number of ether oxygens (including phenoxy) is 2. The van der Waals surface area contributed by atoms with Crippen LogP contribution in [0.5, 0.6) is 0 Å². The average molecular weight is 340 g/mol. The molecule has 0 aromatic carbocycles. The molecule has 1 aromatic heterocycles. The lowest BCUT2D eigenvalue weighted by Gasteiger charge is -2.47. The Kier molecular flexibility index (Phi) is 4.03. The second kappa shape index (κ2) is 6.03. The number of anilines is 2. The molecular formula is C15H22ClN5O2. The first-order valence-corrected chi connectivity index (χ1v) is 8.62. The third-order valence-corrected chi connectivity index (χ3v) is 5.30. The summed E-state index contributed by atoms with van der Waals surface area (Å²) in [7, 11) is 0. The molecule has 0 aliphatic carbocycles. The molecule has 3 aliphatic rings.